The van der Waals surface area contributed by atoms with Gasteiger partial charge in [-0.15, -0.1) is 0 Å². The maximum atomic E-state index is 8.62. The summed E-state index contributed by atoms with van der Waals surface area (Å²) in [5.74, 6) is 0.442. The summed E-state index contributed by atoms with van der Waals surface area (Å²) in [5.41, 5.74) is 1.90. The molecule has 0 radical (unpaired) electrons. The highest BCUT2D eigenvalue weighted by Crippen LogP contribution is 2.13. The van der Waals surface area contributed by atoms with E-state index >= 15 is 0 Å². The van der Waals surface area contributed by atoms with Crippen molar-refractivity contribution < 1.29 is 0 Å². The number of allylic oxidation sites excluding steroid dienone is 6. The molecule has 0 fully saturated rings. The zero-order valence-electron chi connectivity index (χ0n) is 8.83. The highest BCUT2D eigenvalue weighted by Gasteiger charge is 1.99. The minimum Gasteiger partial charge on any atom is -0.192 e. The van der Waals surface area contributed by atoms with Gasteiger partial charge in [-0.25, -0.2) is 0 Å². The minimum atomic E-state index is 0.442. The number of rotatable bonds is 0. The van der Waals surface area contributed by atoms with E-state index in [1.54, 1.807) is 0 Å². The summed E-state index contributed by atoms with van der Waals surface area (Å²) < 4.78 is 0. The van der Waals surface area contributed by atoms with Crippen molar-refractivity contribution in [2.45, 2.75) is 27.7 Å². The number of nitriles is 1. The van der Waals surface area contributed by atoms with Crippen LogP contribution in [0.4, 0.5) is 0 Å². The van der Waals surface area contributed by atoms with Crippen LogP contribution in [-0.4, -0.2) is 0 Å². The molecule has 0 N–H and O–H groups in total. The Hall–Kier alpha value is -1.29. The first-order valence-electron chi connectivity index (χ1n) is 4.71. The van der Waals surface area contributed by atoms with E-state index < -0.39 is 0 Å². The molecule has 1 aliphatic carbocycles. The molecule has 0 saturated carbocycles. The Morgan fingerprint density at radius 1 is 1.38 bits per heavy atom. The fraction of sp³-hybridized carbons (Fsp3) is 0.417. The van der Waals surface area contributed by atoms with Gasteiger partial charge in [-0.3, -0.25) is 0 Å². The van der Waals surface area contributed by atoms with Gasteiger partial charge in [0.2, 0.25) is 0 Å². The van der Waals surface area contributed by atoms with E-state index in [2.05, 4.69) is 19.1 Å². The van der Waals surface area contributed by atoms with Crippen molar-refractivity contribution in [1.29, 1.82) is 5.26 Å². The molecule has 0 aromatic rings. The minimum absolute atomic E-state index is 0.442. The van der Waals surface area contributed by atoms with E-state index in [-0.39, 0.29) is 0 Å². The van der Waals surface area contributed by atoms with Gasteiger partial charge in [0.1, 0.15) is 0 Å². The van der Waals surface area contributed by atoms with Crippen molar-refractivity contribution in [3.05, 3.63) is 35.5 Å². The Balaban J connectivity index is 0.000000671. The average molecular weight is 175 g/mol. The van der Waals surface area contributed by atoms with Gasteiger partial charge in [0, 0.05) is 0 Å². The second kappa shape index (κ2) is 6.25. The normalized spacial score (nSPS) is 20.1. The Labute approximate surface area is 81.1 Å². The molecule has 1 unspecified atom stereocenters. The molecule has 0 aromatic heterocycles. The molecule has 0 bridgehead atoms. The molecular formula is C12H17N. The first-order chi connectivity index (χ1) is 6.22. The van der Waals surface area contributed by atoms with Gasteiger partial charge < -0.3 is 0 Å². The second-order valence-corrected chi connectivity index (χ2v) is 2.84. The van der Waals surface area contributed by atoms with Crippen LogP contribution in [0, 0.1) is 17.2 Å². The highest BCUT2D eigenvalue weighted by atomic mass is 14.2. The van der Waals surface area contributed by atoms with Crippen molar-refractivity contribution in [2.75, 3.05) is 0 Å². The molecule has 1 heteroatoms. The van der Waals surface area contributed by atoms with Crippen LogP contribution in [0.1, 0.15) is 27.7 Å². The van der Waals surface area contributed by atoms with Crippen LogP contribution in [-0.2, 0) is 0 Å². The lowest BCUT2D eigenvalue weighted by atomic mass is 10.1. The van der Waals surface area contributed by atoms with E-state index in [0.29, 0.717) is 5.92 Å². The fourth-order valence-corrected chi connectivity index (χ4v) is 1.14. The predicted molar refractivity (Wildman–Crippen MR) is 57.1 cm³/mol. The zero-order chi connectivity index (χ0) is 10.3. The Bertz CT molecular complexity index is 274. The monoisotopic (exact) mass is 175 g/mol. The van der Waals surface area contributed by atoms with Gasteiger partial charge >= 0.3 is 0 Å². The first-order valence-corrected chi connectivity index (χ1v) is 4.71. The standard InChI is InChI=1S/C10H11N.C2H6/c1-8-3-4-10(7-11)6-9(2)5-8;1-2/h3-6,8H,1-2H3;1-2H3. The third-order valence-electron chi connectivity index (χ3n) is 1.62. The van der Waals surface area contributed by atoms with Crippen LogP contribution in [0.3, 0.4) is 0 Å². The summed E-state index contributed by atoms with van der Waals surface area (Å²) in [6, 6.07) is 2.13. The number of nitrogens with zero attached hydrogens (tertiary/aromatic N) is 1. The third kappa shape index (κ3) is 4.32. The van der Waals surface area contributed by atoms with Gasteiger partial charge in [0.05, 0.1) is 11.6 Å². The maximum absolute atomic E-state index is 8.62. The molecular weight excluding hydrogens is 158 g/mol. The van der Waals surface area contributed by atoms with Gasteiger partial charge in [-0.05, 0) is 25.0 Å². The molecule has 0 aliphatic heterocycles. The van der Waals surface area contributed by atoms with Gasteiger partial charge in [-0.2, -0.15) is 5.26 Å². The van der Waals surface area contributed by atoms with E-state index in [1.165, 1.54) is 5.57 Å². The summed E-state index contributed by atoms with van der Waals surface area (Å²) in [7, 11) is 0. The van der Waals surface area contributed by atoms with E-state index in [4.69, 9.17) is 5.26 Å². The smallest absolute Gasteiger partial charge is 0.0991 e. The van der Waals surface area contributed by atoms with E-state index in [1.807, 2.05) is 39.0 Å². The number of hydrogen-bond donors (Lipinski definition) is 0. The molecule has 0 saturated heterocycles. The molecule has 0 heterocycles. The summed E-state index contributed by atoms with van der Waals surface area (Å²) in [5, 5.41) is 8.62. The lowest BCUT2D eigenvalue weighted by molar-refractivity contribution is 0.933. The third-order valence-corrected chi connectivity index (χ3v) is 1.62. The molecule has 1 rings (SSSR count). The molecule has 1 nitrogen and oxygen atoms in total. The van der Waals surface area contributed by atoms with Crippen molar-refractivity contribution in [2.24, 2.45) is 5.92 Å². The number of hydrogen-bond acceptors (Lipinski definition) is 1. The molecule has 1 aliphatic rings. The van der Waals surface area contributed by atoms with Crippen LogP contribution >= 0.6 is 0 Å². The zero-order valence-corrected chi connectivity index (χ0v) is 8.83. The Morgan fingerprint density at radius 2 is 2.00 bits per heavy atom. The van der Waals surface area contributed by atoms with Crippen LogP contribution < -0.4 is 0 Å². The molecule has 70 valence electrons. The summed E-state index contributed by atoms with van der Waals surface area (Å²) in [4.78, 5) is 0. The maximum Gasteiger partial charge on any atom is 0.0991 e. The molecule has 0 spiro atoms. The van der Waals surface area contributed by atoms with Crippen LogP contribution in [0.15, 0.2) is 35.5 Å². The first kappa shape index (κ1) is 11.7. The van der Waals surface area contributed by atoms with Crippen molar-refractivity contribution in [3.63, 3.8) is 0 Å². The van der Waals surface area contributed by atoms with Crippen molar-refractivity contribution >= 4 is 0 Å². The average Bonchev–Trinajstić information content (AvgIpc) is 2.30. The molecule has 1 atom stereocenters. The summed E-state index contributed by atoms with van der Waals surface area (Å²) in [6.45, 7) is 8.12. The quantitative estimate of drug-likeness (QED) is 0.551. The van der Waals surface area contributed by atoms with E-state index in [9.17, 15) is 0 Å². The van der Waals surface area contributed by atoms with E-state index in [0.717, 1.165) is 5.57 Å². The van der Waals surface area contributed by atoms with Gasteiger partial charge in [0.25, 0.3) is 0 Å². The Morgan fingerprint density at radius 3 is 2.54 bits per heavy atom. The molecule has 0 aromatic carbocycles. The topological polar surface area (TPSA) is 23.8 Å². The van der Waals surface area contributed by atoms with Gasteiger partial charge in [-0.1, -0.05) is 38.5 Å². The largest absolute Gasteiger partial charge is 0.192 e. The second-order valence-electron chi connectivity index (χ2n) is 2.84. The lowest BCUT2D eigenvalue weighted by Crippen LogP contribution is -1.80. The molecule has 0 amide bonds. The van der Waals surface area contributed by atoms with Crippen LogP contribution in [0.2, 0.25) is 0 Å². The van der Waals surface area contributed by atoms with Gasteiger partial charge in [0.15, 0.2) is 0 Å². The molecule has 13 heavy (non-hydrogen) atoms. The SMILES string of the molecule is CC.CC1=CC(C)C=CC(C#N)=C1. The fourth-order valence-electron chi connectivity index (χ4n) is 1.14. The summed E-state index contributed by atoms with van der Waals surface area (Å²) >= 11 is 0. The Kier molecular flexibility index (Phi) is 5.63. The highest BCUT2D eigenvalue weighted by molar-refractivity contribution is 5.41. The lowest BCUT2D eigenvalue weighted by Gasteiger charge is -1.94. The van der Waals surface area contributed by atoms with Crippen LogP contribution in [0.5, 0.6) is 0 Å². The predicted octanol–water partition coefficient (Wildman–Crippen LogP) is 3.61. The summed E-state index contributed by atoms with van der Waals surface area (Å²) in [6.07, 6.45) is 7.95. The van der Waals surface area contributed by atoms with Crippen molar-refractivity contribution in [3.8, 4) is 6.07 Å². The van der Waals surface area contributed by atoms with Crippen molar-refractivity contribution in [1.82, 2.24) is 0 Å². The van der Waals surface area contributed by atoms with Crippen LogP contribution in [0.25, 0.3) is 0 Å².